The maximum absolute atomic E-state index is 12.3. The molecule has 0 radical (unpaired) electrons. The Hall–Kier alpha value is -3.53. The van der Waals surface area contributed by atoms with Crippen molar-refractivity contribution in [3.8, 4) is 11.1 Å². The summed E-state index contributed by atoms with van der Waals surface area (Å²) in [5.41, 5.74) is 12.3. The topological polar surface area (TPSA) is 68.1 Å². The molecule has 4 aromatic rings. The minimum atomic E-state index is -0.472. The van der Waals surface area contributed by atoms with E-state index in [1.165, 1.54) is 0 Å². The quantitative estimate of drug-likeness (QED) is 0.411. The second kappa shape index (κ2) is 5.49. The van der Waals surface area contributed by atoms with Crippen LogP contribution in [0.5, 0.6) is 0 Å². The van der Waals surface area contributed by atoms with Gasteiger partial charge in [0.05, 0.1) is 11.3 Å². The smallest absolute Gasteiger partial charge is 0.339 e. The number of ether oxygens (including phenoxy) is 1. The number of nitrogens with two attached hydrogens (primary N) is 1. The summed E-state index contributed by atoms with van der Waals surface area (Å²) in [6, 6.07) is 23.4. The van der Waals surface area contributed by atoms with Gasteiger partial charge >= 0.3 is 5.97 Å². The fourth-order valence-corrected chi connectivity index (χ4v) is 3.76. The van der Waals surface area contributed by atoms with Gasteiger partial charge < -0.3 is 15.5 Å². The zero-order valence-corrected chi connectivity index (χ0v) is 13.9. The highest BCUT2D eigenvalue weighted by atomic mass is 16.5. The summed E-state index contributed by atoms with van der Waals surface area (Å²) in [4.78, 5) is 15.8. The summed E-state index contributed by atoms with van der Waals surface area (Å²) in [6.07, 6.45) is -0.472. The van der Waals surface area contributed by atoms with Crippen molar-refractivity contribution >= 4 is 22.6 Å². The lowest BCUT2D eigenvalue weighted by Crippen LogP contribution is -2.03. The molecule has 0 bridgehead atoms. The van der Waals surface area contributed by atoms with E-state index in [1.807, 2.05) is 66.7 Å². The third-order valence-corrected chi connectivity index (χ3v) is 4.90. The van der Waals surface area contributed by atoms with Gasteiger partial charge in [0.1, 0.15) is 0 Å². The van der Waals surface area contributed by atoms with Crippen LogP contribution in [0.1, 0.15) is 27.7 Å². The number of esters is 1. The molecule has 3 aromatic carbocycles. The molecule has 0 amide bonds. The van der Waals surface area contributed by atoms with E-state index in [4.69, 9.17) is 10.5 Å². The fraction of sp³-hybridized carbons (Fsp3) is 0.0455. The van der Waals surface area contributed by atoms with Gasteiger partial charge in [-0.25, -0.2) is 4.79 Å². The van der Waals surface area contributed by atoms with Gasteiger partial charge in [-0.1, -0.05) is 54.6 Å². The van der Waals surface area contributed by atoms with Crippen LogP contribution in [-0.2, 0) is 4.74 Å². The minimum absolute atomic E-state index is 0.295. The summed E-state index contributed by atoms with van der Waals surface area (Å²) in [5.74, 6) is -0.295. The predicted octanol–water partition coefficient (Wildman–Crippen LogP) is 4.68. The Balaban J connectivity index is 1.82. The van der Waals surface area contributed by atoms with Crippen molar-refractivity contribution in [2.24, 2.45) is 0 Å². The van der Waals surface area contributed by atoms with Gasteiger partial charge in [-0.15, -0.1) is 0 Å². The molecule has 0 spiro atoms. The number of benzene rings is 3. The third kappa shape index (κ3) is 2.05. The highest BCUT2D eigenvalue weighted by molar-refractivity contribution is 6.05. The van der Waals surface area contributed by atoms with E-state index < -0.39 is 6.10 Å². The number of carbonyl (C=O) groups excluding carboxylic acids is 1. The molecule has 1 unspecified atom stereocenters. The summed E-state index contributed by atoms with van der Waals surface area (Å²) < 4.78 is 5.74. The van der Waals surface area contributed by atoms with Crippen molar-refractivity contribution in [2.75, 3.05) is 5.73 Å². The van der Waals surface area contributed by atoms with Gasteiger partial charge in [0.2, 0.25) is 0 Å². The zero-order valence-electron chi connectivity index (χ0n) is 13.9. The first-order valence-corrected chi connectivity index (χ1v) is 8.49. The summed E-state index contributed by atoms with van der Waals surface area (Å²) in [7, 11) is 0. The second-order valence-electron chi connectivity index (χ2n) is 6.42. The standard InChI is InChI=1S/C22H16N2O2/c23-16-11-6-12-17-19(16)18(13-7-2-1-3-8-13)20(24-17)21-14-9-4-5-10-15(14)22(25)26-21/h1-12,21,24H,23H2. The highest BCUT2D eigenvalue weighted by Gasteiger charge is 2.35. The average molecular weight is 340 g/mol. The van der Waals surface area contributed by atoms with Crippen LogP contribution in [0.3, 0.4) is 0 Å². The van der Waals surface area contributed by atoms with Crippen molar-refractivity contribution in [3.05, 3.63) is 89.6 Å². The van der Waals surface area contributed by atoms with Crippen LogP contribution in [0.4, 0.5) is 5.69 Å². The maximum Gasteiger partial charge on any atom is 0.339 e. The number of rotatable bonds is 2. The van der Waals surface area contributed by atoms with Crippen LogP contribution in [0.2, 0.25) is 0 Å². The Morgan fingerprint density at radius 2 is 1.65 bits per heavy atom. The first-order chi connectivity index (χ1) is 12.7. The highest BCUT2D eigenvalue weighted by Crippen LogP contribution is 2.44. The van der Waals surface area contributed by atoms with E-state index in [0.717, 1.165) is 33.3 Å². The fourth-order valence-electron chi connectivity index (χ4n) is 3.76. The van der Waals surface area contributed by atoms with Gasteiger partial charge in [-0.05, 0) is 23.8 Å². The maximum atomic E-state index is 12.3. The summed E-state index contributed by atoms with van der Waals surface area (Å²) in [6.45, 7) is 0. The molecule has 5 rings (SSSR count). The molecule has 0 aliphatic carbocycles. The van der Waals surface area contributed by atoms with Crippen LogP contribution >= 0.6 is 0 Å². The van der Waals surface area contributed by atoms with Crippen molar-refractivity contribution < 1.29 is 9.53 Å². The van der Waals surface area contributed by atoms with Crippen LogP contribution < -0.4 is 5.73 Å². The Morgan fingerprint density at radius 1 is 0.885 bits per heavy atom. The molecular formula is C22H16N2O2. The van der Waals surface area contributed by atoms with Crippen molar-refractivity contribution in [2.45, 2.75) is 6.10 Å². The number of nitrogens with one attached hydrogen (secondary N) is 1. The Bertz CT molecular complexity index is 1150. The molecule has 26 heavy (non-hydrogen) atoms. The molecule has 1 aromatic heterocycles. The molecule has 1 atom stereocenters. The Labute approximate surface area is 150 Å². The predicted molar refractivity (Wildman–Crippen MR) is 102 cm³/mol. The molecule has 3 N–H and O–H groups in total. The molecule has 0 saturated carbocycles. The van der Waals surface area contributed by atoms with Gasteiger partial charge in [-0.2, -0.15) is 0 Å². The van der Waals surface area contributed by atoms with E-state index in [9.17, 15) is 4.79 Å². The van der Waals surface area contributed by atoms with Crippen LogP contribution in [0.15, 0.2) is 72.8 Å². The van der Waals surface area contributed by atoms with E-state index in [-0.39, 0.29) is 5.97 Å². The number of anilines is 1. The van der Waals surface area contributed by atoms with E-state index in [2.05, 4.69) is 4.98 Å². The molecule has 4 heteroatoms. The molecular weight excluding hydrogens is 324 g/mol. The zero-order chi connectivity index (χ0) is 17.7. The molecule has 126 valence electrons. The summed E-state index contributed by atoms with van der Waals surface area (Å²) >= 11 is 0. The lowest BCUT2D eigenvalue weighted by Gasteiger charge is -2.13. The monoisotopic (exact) mass is 340 g/mol. The van der Waals surface area contributed by atoms with Crippen LogP contribution in [0.25, 0.3) is 22.0 Å². The summed E-state index contributed by atoms with van der Waals surface area (Å²) in [5, 5.41) is 0.953. The van der Waals surface area contributed by atoms with E-state index >= 15 is 0 Å². The first kappa shape index (κ1) is 14.8. The van der Waals surface area contributed by atoms with Crippen molar-refractivity contribution in [3.63, 3.8) is 0 Å². The third-order valence-electron chi connectivity index (χ3n) is 4.90. The number of hydrogen-bond donors (Lipinski definition) is 2. The van der Waals surface area contributed by atoms with Crippen LogP contribution in [0, 0.1) is 0 Å². The van der Waals surface area contributed by atoms with Crippen LogP contribution in [-0.4, -0.2) is 11.0 Å². The van der Waals surface area contributed by atoms with Gasteiger partial charge in [-0.3, -0.25) is 0 Å². The lowest BCUT2D eigenvalue weighted by molar-refractivity contribution is 0.0451. The van der Waals surface area contributed by atoms with Gasteiger partial charge in [0.15, 0.2) is 6.10 Å². The SMILES string of the molecule is Nc1cccc2[nH]c(C3OC(=O)c4ccccc43)c(-c3ccccc3)c12. The largest absolute Gasteiger partial charge is 0.447 e. The molecule has 1 aliphatic heterocycles. The normalized spacial score (nSPS) is 15.8. The second-order valence-corrected chi connectivity index (χ2v) is 6.42. The van der Waals surface area contributed by atoms with E-state index in [0.29, 0.717) is 11.3 Å². The molecule has 0 fully saturated rings. The first-order valence-electron chi connectivity index (χ1n) is 8.49. The number of H-pyrrole nitrogens is 1. The number of aromatic amines is 1. The number of cyclic esters (lactones) is 1. The van der Waals surface area contributed by atoms with Gasteiger partial charge in [0.25, 0.3) is 0 Å². The van der Waals surface area contributed by atoms with Crippen molar-refractivity contribution in [1.29, 1.82) is 0 Å². The molecule has 0 saturated heterocycles. The van der Waals surface area contributed by atoms with E-state index in [1.54, 1.807) is 6.07 Å². The number of hydrogen-bond acceptors (Lipinski definition) is 3. The van der Waals surface area contributed by atoms with Gasteiger partial charge in [0, 0.05) is 27.7 Å². The number of fused-ring (bicyclic) bond motifs is 2. The molecule has 4 nitrogen and oxygen atoms in total. The number of nitrogen functional groups attached to an aromatic ring is 1. The Kier molecular flexibility index (Phi) is 3.12. The molecule has 2 heterocycles. The Morgan fingerprint density at radius 3 is 2.50 bits per heavy atom. The lowest BCUT2D eigenvalue weighted by atomic mass is 9.95. The number of aromatic nitrogens is 1. The van der Waals surface area contributed by atoms with Crippen molar-refractivity contribution in [1.82, 2.24) is 4.98 Å². The number of carbonyl (C=O) groups is 1. The minimum Gasteiger partial charge on any atom is -0.447 e. The average Bonchev–Trinajstić information content (AvgIpc) is 3.22. The molecule has 1 aliphatic rings.